The number of ether oxygens (including phenoxy) is 1. The third kappa shape index (κ3) is 3.68. The summed E-state index contributed by atoms with van der Waals surface area (Å²) in [7, 11) is 1.66. The van der Waals surface area contributed by atoms with Gasteiger partial charge in [-0.2, -0.15) is 0 Å². The van der Waals surface area contributed by atoms with E-state index in [9.17, 15) is 0 Å². The molecule has 5 heteroatoms. The van der Waals surface area contributed by atoms with Gasteiger partial charge in [-0.3, -0.25) is 0 Å². The van der Waals surface area contributed by atoms with Crippen molar-refractivity contribution in [1.82, 2.24) is 9.97 Å². The van der Waals surface area contributed by atoms with Crippen LogP contribution in [0.15, 0.2) is 41.8 Å². The van der Waals surface area contributed by atoms with Crippen molar-refractivity contribution in [2.75, 3.05) is 13.7 Å². The molecule has 1 aromatic carbocycles. The molecule has 4 nitrogen and oxygen atoms in total. The molecule has 19 heavy (non-hydrogen) atoms. The second kappa shape index (κ2) is 6.54. The molecule has 100 valence electrons. The average molecular weight is 275 g/mol. The summed E-state index contributed by atoms with van der Waals surface area (Å²) >= 11 is 1.58. The molecule has 0 fully saturated rings. The third-order valence-corrected chi connectivity index (χ3v) is 3.88. The predicted octanol–water partition coefficient (Wildman–Crippen LogP) is 2.59. The summed E-state index contributed by atoms with van der Waals surface area (Å²) in [4.78, 5) is 8.59. The molecule has 2 N–H and O–H groups in total. The van der Waals surface area contributed by atoms with Gasteiger partial charge in [0.1, 0.15) is 5.75 Å². The van der Waals surface area contributed by atoms with Gasteiger partial charge in [-0.05, 0) is 30.2 Å². The first-order chi connectivity index (χ1) is 9.22. The first kappa shape index (κ1) is 13.8. The van der Waals surface area contributed by atoms with Gasteiger partial charge in [0.15, 0.2) is 5.16 Å². The number of methoxy groups -OCH3 is 1. The molecular weight excluding hydrogens is 258 g/mol. The monoisotopic (exact) mass is 275 g/mol. The quantitative estimate of drug-likeness (QED) is 0.671. The SMILES string of the molecule is COc1ccc(C(CN)Sc2ncc(C)cn2)cc1. The molecule has 0 bridgehead atoms. The minimum atomic E-state index is 0.147. The second-order valence-corrected chi connectivity index (χ2v) is 5.33. The van der Waals surface area contributed by atoms with Crippen LogP contribution in [0, 0.1) is 6.92 Å². The number of rotatable bonds is 5. The van der Waals surface area contributed by atoms with Gasteiger partial charge in [0, 0.05) is 24.2 Å². The van der Waals surface area contributed by atoms with Crippen molar-refractivity contribution in [2.24, 2.45) is 5.73 Å². The summed E-state index contributed by atoms with van der Waals surface area (Å²) in [6.07, 6.45) is 3.63. The first-order valence-corrected chi connectivity index (χ1v) is 6.90. The van der Waals surface area contributed by atoms with Crippen LogP contribution in [0.3, 0.4) is 0 Å². The molecule has 0 spiro atoms. The van der Waals surface area contributed by atoms with E-state index >= 15 is 0 Å². The Bertz CT molecular complexity index is 513. The van der Waals surface area contributed by atoms with E-state index in [1.54, 1.807) is 18.9 Å². The van der Waals surface area contributed by atoms with Crippen LogP contribution < -0.4 is 10.5 Å². The fourth-order valence-corrected chi connectivity index (χ4v) is 2.51. The molecule has 0 aliphatic carbocycles. The summed E-state index contributed by atoms with van der Waals surface area (Å²) in [5.74, 6) is 0.844. The average Bonchev–Trinajstić information content (AvgIpc) is 2.47. The molecule has 0 aliphatic heterocycles. The lowest BCUT2D eigenvalue weighted by molar-refractivity contribution is 0.414. The molecular formula is C14H17N3OS. The number of nitrogens with zero attached hydrogens (tertiary/aromatic N) is 2. The zero-order chi connectivity index (χ0) is 13.7. The van der Waals surface area contributed by atoms with E-state index < -0.39 is 0 Å². The van der Waals surface area contributed by atoms with Crippen molar-refractivity contribution in [3.8, 4) is 5.75 Å². The lowest BCUT2D eigenvalue weighted by atomic mass is 10.1. The summed E-state index contributed by atoms with van der Waals surface area (Å²) in [6.45, 7) is 2.51. The van der Waals surface area contributed by atoms with Crippen LogP contribution in [0.1, 0.15) is 16.4 Å². The number of thioether (sulfide) groups is 1. The number of aromatic nitrogens is 2. The molecule has 1 atom stereocenters. The van der Waals surface area contributed by atoms with Crippen molar-refractivity contribution < 1.29 is 4.74 Å². The van der Waals surface area contributed by atoms with Gasteiger partial charge in [-0.1, -0.05) is 23.9 Å². The van der Waals surface area contributed by atoms with Crippen LogP contribution in [0.25, 0.3) is 0 Å². The highest BCUT2D eigenvalue weighted by Gasteiger charge is 2.13. The molecule has 2 rings (SSSR count). The Morgan fingerprint density at radius 1 is 1.21 bits per heavy atom. The minimum Gasteiger partial charge on any atom is -0.497 e. The van der Waals surface area contributed by atoms with Gasteiger partial charge >= 0.3 is 0 Å². The lowest BCUT2D eigenvalue weighted by Crippen LogP contribution is -2.10. The van der Waals surface area contributed by atoms with Crippen LogP contribution in [0.2, 0.25) is 0 Å². The van der Waals surface area contributed by atoms with Crippen molar-refractivity contribution in [3.05, 3.63) is 47.8 Å². The Morgan fingerprint density at radius 2 is 1.84 bits per heavy atom. The zero-order valence-electron chi connectivity index (χ0n) is 11.0. The highest BCUT2D eigenvalue weighted by Crippen LogP contribution is 2.32. The van der Waals surface area contributed by atoms with Gasteiger partial charge in [0.05, 0.1) is 7.11 Å². The summed E-state index contributed by atoms with van der Waals surface area (Å²) in [5.41, 5.74) is 8.05. The summed E-state index contributed by atoms with van der Waals surface area (Å²) < 4.78 is 5.15. The number of benzene rings is 1. The molecule has 0 amide bonds. The molecule has 0 saturated carbocycles. The van der Waals surface area contributed by atoms with Gasteiger partial charge < -0.3 is 10.5 Å². The predicted molar refractivity (Wildman–Crippen MR) is 77.4 cm³/mol. The van der Waals surface area contributed by atoms with E-state index in [0.717, 1.165) is 22.0 Å². The van der Waals surface area contributed by atoms with Gasteiger partial charge in [0.25, 0.3) is 0 Å². The van der Waals surface area contributed by atoms with Crippen molar-refractivity contribution >= 4 is 11.8 Å². The smallest absolute Gasteiger partial charge is 0.188 e. The number of hydrogen-bond donors (Lipinski definition) is 1. The Balaban J connectivity index is 2.12. The second-order valence-electron chi connectivity index (χ2n) is 4.16. The highest BCUT2D eigenvalue weighted by molar-refractivity contribution is 7.99. The fourth-order valence-electron chi connectivity index (χ4n) is 1.64. The molecule has 1 aromatic heterocycles. The topological polar surface area (TPSA) is 61.0 Å². The zero-order valence-corrected chi connectivity index (χ0v) is 11.9. The van der Waals surface area contributed by atoms with Gasteiger partial charge in [-0.15, -0.1) is 0 Å². The largest absolute Gasteiger partial charge is 0.497 e. The summed E-state index contributed by atoms with van der Waals surface area (Å²) in [6, 6.07) is 7.93. The minimum absolute atomic E-state index is 0.147. The van der Waals surface area contributed by atoms with Crippen molar-refractivity contribution in [1.29, 1.82) is 0 Å². The number of aryl methyl sites for hydroxylation is 1. The number of hydrogen-bond acceptors (Lipinski definition) is 5. The van der Waals surface area contributed by atoms with Crippen LogP contribution in [0.4, 0.5) is 0 Å². The van der Waals surface area contributed by atoms with Gasteiger partial charge in [-0.25, -0.2) is 9.97 Å². The van der Waals surface area contributed by atoms with E-state index in [4.69, 9.17) is 10.5 Å². The maximum Gasteiger partial charge on any atom is 0.188 e. The van der Waals surface area contributed by atoms with Gasteiger partial charge in [0.2, 0.25) is 0 Å². The Hall–Kier alpha value is -1.59. The Morgan fingerprint density at radius 3 is 2.37 bits per heavy atom. The number of nitrogens with two attached hydrogens (primary N) is 1. The van der Waals surface area contributed by atoms with E-state index in [1.807, 2.05) is 43.6 Å². The van der Waals surface area contributed by atoms with Crippen LogP contribution >= 0.6 is 11.8 Å². The van der Waals surface area contributed by atoms with E-state index in [-0.39, 0.29) is 5.25 Å². The Kier molecular flexibility index (Phi) is 4.76. The molecule has 2 aromatic rings. The van der Waals surface area contributed by atoms with Crippen LogP contribution in [-0.2, 0) is 0 Å². The third-order valence-electron chi connectivity index (χ3n) is 2.71. The first-order valence-electron chi connectivity index (χ1n) is 6.02. The van der Waals surface area contributed by atoms with E-state index in [1.165, 1.54) is 0 Å². The summed E-state index contributed by atoms with van der Waals surface area (Å²) in [5, 5.41) is 0.894. The lowest BCUT2D eigenvalue weighted by Gasteiger charge is -2.14. The normalized spacial score (nSPS) is 12.2. The molecule has 1 heterocycles. The van der Waals surface area contributed by atoms with Crippen molar-refractivity contribution in [2.45, 2.75) is 17.3 Å². The highest BCUT2D eigenvalue weighted by atomic mass is 32.2. The van der Waals surface area contributed by atoms with Crippen molar-refractivity contribution in [3.63, 3.8) is 0 Å². The van der Waals surface area contributed by atoms with Crippen LogP contribution in [-0.4, -0.2) is 23.6 Å². The maximum atomic E-state index is 5.85. The maximum absolute atomic E-state index is 5.85. The van der Waals surface area contributed by atoms with E-state index in [0.29, 0.717) is 6.54 Å². The standard InChI is InChI=1S/C14H17N3OS/c1-10-8-16-14(17-9-10)19-13(7-15)11-3-5-12(18-2)6-4-11/h3-6,8-9,13H,7,15H2,1-2H3. The van der Waals surface area contributed by atoms with E-state index in [2.05, 4.69) is 9.97 Å². The molecule has 1 unspecified atom stereocenters. The Labute approximate surface area is 117 Å². The fraction of sp³-hybridized carbons (Fsp3) is 0.286. The molecule has 0 radical (unpaired) electrons. The molecule has 0 aliphatic rings. The van der Waals surface area contributed by atoms with Crippen LogP contribution in [0.5, 0.6) is 5.75 Å². The molecule has 0 saturated heterocycles.